The number of rotatable bonds is 6. The molecule has 0 atom stereocenters. The lowest BCUT2D eigenvalue weighted by atomic mass is 10.1. The Morgan fingerprint density at radius 2 is 1.46 bits per heavy atom. The standard InChI is InChI=1S/C17H18N2O7/c1-24-13-7-15(26-3)14(25-2)6-10(13)8-18-19-17(23)9-4-11(20)16(22)12(21)5-9/h4-8,20-22H,1-3H3,(H,19,23)/b18-8-. The highest BCUT2D eigenvalue weighted by Crippen LogP contribution is 2.35. The number of hydrazone groups is 1. The van der Waals surface area contributed by atoms with E-state index in [0.29, 0.717) is 22.8 Å². The number of phenolic OH excluding ortho intramolecular Hbond substituents is 3. The molecular formula is C17H18N2O7. The predicted octanol–water partition coefficient (Wildman–Crippen LogP) is 1.59. The molecule has 0 saturated carbocycles. The molecule has 0 spiro atoms. The number of amides is 1. The van der Waals surface area contributed by atoms with Crippen molar-refractivity contribution in [3.8, 4) is 34.5 Å². The summed E-state index contributed by atoms with van der Waals surface area (Å²) in [5, 5.41) is 32.0. The largest absolute Gasteiger partial charge is 0.504 e. The molecular weight excluding hydrogens is 344 g/mol. The zero-order valence-electron chi connectivity index (χ0n) is 14.3. The van der Waals surface area contributed by atoms with Gasteiger partial charge in [-0.05, 0) is 18.2 Å². The van der Waals surface area contributed by atoms with Crippen LogP contribution in [0.1, 0.15) is 15.9 Å². The fourth-order valence-corrected chi connectivity index (χ4v) is 2.11. The lowest BCUT2D eigenvalue weighted by molar-refractivity contribution is 0.0954. The Balaban J connectivity index is 2.21. The molecule has 0 aliphatic heterocycles. The van der Waals surface area contributed by atoms with Gasteiger partial charge in [0.05, 0.1) is 27.5 Å². The van der Waals surface area contributed by atoms with Crippen LogP contribution in [0.3, 0.4) is 0 Å². The van der Waals surface area contributed by atoms with Gasteiger partial charge >= 0.3 is 0 Å². The molecule has 0 aliphatic rings. The first-order valence-electron chi connectivity index (χ1n) is 7.29. The number of benzene rings is 2. The third-order valence-corrected chi connectivity index (χ3v) is 3.44. The zero-order chi connectivity index (χ0) is 19.3. The topological polar surface area (TPSA) is 130 Å². The molecule has 0 aromatic heterocycles. The van der Waals surface area contributed by atoms with Crippen LogP contribution in [-0.4, -0.2) is 48.8 Å². The minimum absolute atomic E-state index is 0.0887. The minimum atomic E-state index is -0.708. The van der Waals surface area contributed by atoms with Gasteiger partial charge in [-0.25, -0.2) is 5.43 Å². The van der Waals surface area contributed by atoms with E-state index in [2.05, 4.69) is 10.5 Å². The van der Waals surface area contributed by atoms with E-state index in [1.54, 1.807) is 12.1 Å². The Hall–Kier alpha value is -3.62. The fourth-order valence-electron chi connectivity index (χ4n) is 2.11. The van der Waals surface area contributed by atoms with Crippen molar-refractivity contribution in [1.29, 1.82) is 0 Å². The molecule has 0 heterocycles. The highest BCUT2D eigenvalue weighted by Gasteiger charge is 2.14. The lowest BCUT2D eigenvalue weighted by Gasteiger charge is -2.11. The number of phenols is 3. The van der Waals surface area contributed by atoms with Gasteiger partial charge in [-0.2, -0.15) is 5.10 Å². The number of hydrogen-bond acceptors (Lipinski definition) is 8. The molecule has 0 radical (unpaired) electrons. The van der Waals surface area contributed by atoms with Gasteiger partial charge < -0.3 is 29.5 Å². The van der Waals surface area contributed by atoms with Crippen LogP contribution >= 0.6 is 0 Å². The van der Waals surface area contributed by atoms with Crippen molar-refractivity contribution in [1.82, 2.24) is 5.43 Å². The molecule has 0 saturated heterocycles. The van der Waals surface area contributed by atoms with Gasteiger partial charge in [-0.1, -0.05) is 0 Å². The zero-order valence-corrected chi connectivity index (χ0v) is 14.3. The number of carbonyl (C=O) groups is 1. The fraction of sp³-hybridized carbons (Fsp3) is 0.176. The van der Waals surface area contributed by atoms with Gasteiger partial charge in [0.25, 0.3) is 5.91 Å². The molecule has 2 rings (SSSR count). The quantitative estimate of drug-likeness (QED) is 0.349. The summed E-state index contributed by atoms with van der Waals surface area (Å²) in [7, 11) is 4.45. The molecule has 9 heteroatoms. The van der Waals surface area contributed by atoms with Crippen molar-refractivity contribution >= 4 is 12.1 Å². The van der Waals surface area contributed by atoms with Crippen LogP contribution in [0, 0.1) is 0 Å². The van der Waals surface area contributed by atoms with Gasteiger partial charge in [-0.15, -0.1) is 0 Å². The van der Waals surface area contributed by atoms with E-state index in [1.165, 1.54) is 27.5 Å². The van der Waals surface area contributed by atoms with E-state index in [1.807, 2.05) is 0 Å². The second-order valence-corrected chi connectivity index (χ2v) is 5.01. The number of ether oxygens (including phenoxy) is 3. The van der Waals surface area contributed by atoms with E-state index in [4.69, 9.17) is 14.2 Å². The van der Waals surface area contributed by atoms with Crippen molar-refractivity contribution in [3.63, 3.8) is 0 Å². The number of methoxy groups -OCH3 is 3. The Morgan fingerprint density at radius 1 is 0.923 bits per heavy atom. The monoisotopic (exact) mass is 362 g/mol. The van der Waals surface area contributed by atoms with Crippen molar-refractivity contribution in [2.75, 3.05) is 21.3 Å². The van der Waals surface area contributed by atoms with E-state index in [-0.39, 0.29) is 5.56 Å². The van der Waals surface area contributed by atoms with Crippen LogP contribution in [-0.2, 0) is 0 Å². The molecule has 1 amide bonds. The number of hydrogen-bond donors (Lipinski definition) is 4. The van der Waals surface area contributed by atoms with E-state index < -0.39 is 23.2 Å². The highest BCUT2D eigenvalue weighted by molar-refractivity contribution is 5.96. The molecule has 2 aromatic carbocycles. The third-order valence-electron chi connectivity index (χ3n) is 3.44. The average Bonchev–Trinajstić information content (AvgIpc) is 2.64. The van der Waals surface area contributed by atoms with Gasteiger partial charge in [0.2, 0.25) is 0 Å². The molecule has 0 aliphatic carbocycles. The van der Waals surface area contributed by atoms with Gasteiger partial charge in [0, 0.05) is 17.2 Å². The van der Waals surface area contributed by atoms with Gasteiger partial charge in [0.1, 0.15) is 5.75 Å². The summed E-state index contributed by atoms with van der Waals surface area (Å²) in [5.41, 5.74) is 2.66. The summed E-state index contributed by atoms with van der Waals surface area (Å²) in [6, 6.07) is 5.22. The van der Waals surface area contributed by atoms with Crippen molar-refractivity contribution in [2.24, 2.45) is 5.10 Å². The van der Waals surface area contributed by atoms with Crippen molar-refractivity contribution in [2.45, 2.75) is 0 Å². The molecule has 9 nitrogen and oxygen atoms in total. The molecule has 0 unspecified atom stereocenters. The Kier molecular flexibility index (Phi) is 5.74. The molecule has 2 aromatic rings. The van der Waals surface area contributed by atoms with Crippen LogP contribution in [0.4, 0.5) is 0 Å². The number of nitrogens with one attached hydrogen (secondary N) is 1. The van der Waals surface area contributed by atoms with Crippen LogP contribution < -0.4 is 19.6 Å². The molecule has 138 valence electrons. The van der Waals surface area contributed by atoms with E-state index in [9.17, 15) is 20.1 Å². The summed E-state index contributed by atoms with van der Waals surface area (Å²) in [5.74, 6) is -1.29. The normalized spacial score (nSPS) is 10.6. The SMILES string of the molecule is COc1cc(OC)c(OC)cc1/C=N\NC(=O)c1cc(O)c(O)c(O)c1. The van der Waals surface area contributed by atoms with E-state index >= 15 is 0 Å². The Bertz CT molecular complexity index is 826. The smallest absolute Gasteiger partial charge is 0.271 e. The van der Waals surface area contributed by atoms with Crippen molar-refractivity contribution < 1.29 is 34.3 Å². The summed E-state index contributed by atoms with van der Waals surface area (Å²) >= 11 is 0. The molecule has 0 bridgehead atoms. The lowest BCUT2D eigenvalue weighted by Crippen LogP contribution is -2.17. The van der Waals surface area contributed by atoms with Crippen LogP contribution in [0.25, 0.3) is 0 Å². The van der Waals surface area contributed by atoms with Gasteiger partial charge in [-0.3, -0.25) is 4.79 Å². The summed E-state index contributed by atoms with van der Waals surface area (Å²) in [6.07, 6.45) is 1.33. The number of nitrogens with zero attached hydrogens (tertiary/aromatic N) is 1. The summed E-state index contributed by atoms with van der Waals surface area (Å²) < 4.78 is 15.6. The first-order chi connectivity index (χ1) is 12.4. The maximum atomic E-state index is 12.0. The highest BCUT2D eigenvalue weighted by atomic mass is 16.5. The predicted molar refractivity (Wildman–Crippen MR) is 92.6 cm³/mol. The second kappa shape index (κ2) is 7.97. The van der Waals surface area contributed by atoms with E-state index in [0.717, 1.165) is 12.1 Å². The van der Waals surface area contributed by atoms with Crippen molar-refractivity contribution in [3.05, 3.63) is 35.4 Å². The first-order valence-corrected chi connectivity index (χ1v) is 7.29. The third kappa shape index (κ3) is 3.89. The minimum Gasteiger partial charge on any atom is -0.504 e. The van der Waals surface area contributed by atoms with Crippen LogP contribution in [0.2, 0.25) is 0 Å². The summed E-state index contributed by atoms with van der Waals surface area (Å²) in [4.78, 5) is 12.0. The Labute approximate surface area is 149 Å². The average molecular weight is 362 g/mol. The van der Waals surface area contributed by atoms with Crippen LogP contribution in [0.15, 0.2) is 29.4 Å². The first kappa shape index (κ1) is 18.7. The summed E-state index contributed by atoms with van der Waals surface area (Å²) in [6.45, 7) is 0. The maximum absolute atomic E-state index is 12.0. The molecule has 26 heavy (non-hydrogen) atoms. The second-order valence-electron chi connectivity index (χ2n) is 5.01. The molecule has 0 fully saturated rings. The number of aromatic hydroxyl groups is 3. The number of carbonyl (C=O) groups excluding carboxylic acids is 1. The van der Waals surface area contributed by atoms with Gasteiger partial charge in [0.15, 0.2) is 28.7 Å². The molecule has 4 N–H and O–H groups in total. The Morgan fingerprint density at radius 3 is 2.00 bits per heavy atom. The van der Waals surface area contributed by atoms with Crippen LogP contribution in [0.5, 0.6) is 34.5 Å². The maximum Gasteiger partial charge on any atom is 0.271 e.